The Morgan fingerprint density at radius 2 is 1.94 bits per heavy atom. The quantitative estimate of drug-likeness (QED) is 0.621. The molecule has 2 N–H and O–H groups in total. The molecule has 0 saturated carbocycles. The summed E-state index contributed by atoms with van der Waals surface area (Å²) in [6.07, 6.45) is -2.12. The number of halogens is 3. The summed E-state index contributed by atoms with van der Waals surface area (Å²) in [6.45, 7) is 4.33. The van der Waals surface area contributed by atoms with Crippen molar-refractivity contribution in [3.05, 3.63) is 60.0 Å². The number of alkyl halides is 3. The molecule has 2 aromatic heterocycles. The number of hydrogen-bond acceptors (Lipinski definition) is 5. The number of hydrogen-bond donors (Lipinski definition) is 2. The third kappa shape index (κ3) is 4.68. The third-order valence-corrected chi connectivity index (χ3v) is 5.47. The highest BCUT2D eigenvalue weighted by molar-refractivity contribution is 5.70. The van der Waals surface area contributed by atoms with Crippen LogP contribution in [0.2, 0.25) is 0 Å². The highest BCUT2D eigenvalue weighted by Crippen LogP contribution is 2.30. The maximum Gasteiger partial charge on any atom is 0.434 e. The molecule has 1 atom stereocenters. The number of piperazine rings is 1. The number of aliphatic carboxylic acids is 1. The summed E-state index contributed by atoms with van der Waals surface area (Å²) in [4.78, 5) is 25.8. The Labute approximate surface area is 182 Å². The number of H-pyrrole nitrogens is 1. The number of imidazole rings is 1. The van der Waals surface area contributed by atoms with Gasteiger partial charge in [-0.1, -0.05) is 12.1 Å². The fourth-order valence-electron chi connectivity index (χ4n) is 3.84. The van der Waals surface area contributed by atoms with Gasteiger partial charge in [0.25, 0.3) is 0 Å². The van der Waals surface area contributed by atoms with Crippen molar-refractivity contribution < 1.29 is 23.1 Å². The molecular weight excluding hydrogens is 423 g/mol. The van der Waals surface area contributed by atoms with Gasteiger partial charge in [-0.05, 0) is 36.8 Å². The lowest BCUT2D eigenvalue weighted by molar-refractivity contribution is -0.141. The van der Waals surface area contributed by atoms with E-state index in [1.807, 2.05) is 24.3 Å². The van der Waals surface area contributed by atoms with Gasteiger partial charge in [-0.3, -0.25) is 4.79 Å². The second kappa shape index (κ2) is 8.52. The van der Waals surface area contributed by atoms with E-state index in [4.69, 9.17) is 5.11 Å². The minimum atomic E-state index is -4.49. The van der Waals surface area contributed by atoms with Gasteiger partial charge in [-0.2, -0.15) is 13.2 Å². The third-order valence-electron chi connectivity index (χ3n) is 5.47. The van der Waals surface area contributed by atoms with Gasteiger partial charge in [-0.25, -0.2) is 9.97 Å². The Morgan fingerprint density at radius 1 is 1.19 bits per heavy atom. The number of nitrogens with zero attached hydrogens (tertiary/aromatic N) is 4. The molecule has 1 saturated heterocycles. The van der Waals surface area contributed by atoms with Gasteiger partial charge in [0.2, 0.25) is 0 Å². The van der Waals surface area contributed by atoms with Gasteiger partial charge in [0.05, 0.1) is 6.42 Å². The van der Waals surface area contributed by atoms with Gasteiger partial charge in [-0.15, -0.1) is 0 Å². The number of carbonyl (C=O) groups is 1. The summed E-state index contributed by atoms with van der Waals surface area (Å²) in [5.41, 5.74) is 1.32. The van der Waals surface area contributed by atoms with Gasteiger partial charge < -0.3 is 19.9 Å². The van der Waals surface area contributed by atoms with E-state index < -0.39 is 17.8 Å². The highest BCUT2D eigenvalue weighted by atomic mass is 19.4. The maximum atomic E-state index is 12.8. The number of benzene rings is 1. The summed E-state index contributed by atoms with van der Waals surface area (Å²) >= 11 is 0. The molecule has 4 rings (SSSR count). The predicted octanol–water partition coefficient (Wildman–Crippen LogP) is 3.83. The van der Waals surface area contributed by atoms with Crippen molar-refractivity contribution in [2.24, 2.45) is 0 Å². The van der Waals surface area contributed by atoms with Crippen LogP contribution in [0, 0.1) is 0 Å². The van der Waals surface area contributed by atoms with E-state index in [2.05, 4.69) is 31.7 Å². The van der Waals surface area contributed by atoms with Gasteiger partial charge >= 0.3 is 12.1 Å². The molecule has 0 radical (unpaired) electrons. The molecule has 1 aliphatic heterocycles. The summed E-state index contributed by atoms with van der Waals surface area (Å²) in [7, 11) is 0. The lowest BCUT2D eigenvalue weighted by Crippen LogP contribution is -2.52. The van der Waals surface area contributed by atoms with E-state index in [1.54, 1.807) is 12.1 Å². The first-order valence-electron chi connectivity index (χ1n) is 10.1. The number of aromatic nitrogens is 3. The highest BCUT2D eigenvalue weighted by Gasteiger charge is 2.34. The van der Waals surface area contributed by atoms with Crippen molar-refractivity contribution >= 4 is 17.5 Å². The molecule has 10 heteroatoms. The zero-order valence-corrected chi connectivity index (χ0v) is 17.3. The van der Waals surface area contributed by atoms with E-state index in [0.717, 1.165) is 42.9 Å². The number of carboxylic acid groups (broad SMARTS) is 1. The zero-order valence-electron chi connectivity index (χ0n) is 17.3. The molecule has 0 amide bonds. The first-order valence-corrected chi connectivity index (χ1v) is 10.1. The summed E-state index contributed by atoms with van der Waals surface area (Å²) in [5.74, 6) is 0.0206. The molecular formula is C22H22F3N5O2. The average molecular weight is 445 g/mol. The van der Waals surface area contributed by atoms with Crippen molar-refractivity contribution in [3.8, 4) is 11.4 Å². The Kier molecular flexibility index (Phi) is 5.77. The summed E-state index contributed by atoms with van der Waals surface area (Å²) < 4.78 is 38.3. The number of carboxylic acids is 1. The lowest BCUT2D eigenvalue weighted by Gasteiger charge is -2.41. The van der Waals surface area contributed by atoms with Crippen molar-refractivity contribution in [2.45, 2.75) is 25.6 Å². The summed E-state index contributed by atoms with van der Waals surface area (Å²) in [5, 5.41) is 8.90. The molecule has 0 bridgehead atoms. The normalized spacial score (nSPS) is 16.9. The average Bonchev–Trinajstić information content (AvgIpc) is 3.25. The Morgan fingerprint density at radius 3 is 2.50 bits per heavy atom. The fourth-order valence-corrected chi connectivity index (χ4v) is 3.84. The zero-order chi connectivity index (χ0) is 22.9. The molecule has 1 fully saturated rings. The second-order valence-corrected chi connectivity index (χ2v) is 7.76. The van der Waals surface area contributed by atoms with Crippen molar-refractivity contribution in [3.63, 3.8) is 0 Å². The van der Waals surface area contributed by atoms with Crippen LogP contribution in [0.4, 0.5) is 24.7 Å². The number of aromatic amines is 1. The van der Waals surface area contributed by atoms with Crippen molar-refractivity contribution in [2.75, 3.05) is 29.4 Å². The van der Waals surface area contributed by atoms with Gasteiger partial charge in [0.1, 0.15) is 11.6 Å². The smallest absolute Gasteiger partial charge is 0.434 e. The standard InChI is InChI=1S/C22H22F3N5O2/c1-14-13-29(17-5-2-15(3-6-17)10-20(31)32)8-9-30(14)19-7-4-16(11-26-19)21-27-12-18(28-21)22(23,24)25/h2-7,11-12,14H,8-10,13H2,1H3,(H,27,28)(H,31,32)/t14-/m0/s1. The van der Waals surface area contributed by atoms with Crippen LogP contribution in [-0.4, -0.2) is 51.7 Å². The van der Waals surface area contributed by atoms with Crippen molar-refractivity contribution in [1.82, 2.24) is 15.0 Å². The summed E-state index contributed by atoms with van der Waals surface area (Å²) in [6, 6.07) is 11.2. The molecule has 3 heterocycles. The largest absolute Gasteiger partial charge is 0.481 e. The topological polar surface area (TPSA) is 85.4 Å². The second-order valence-electron chi connectivity index (χ2n) is 7.76. The Hall–Kier alpha value is -3.56. The van der Waals surface area contributed by atoms with Crippen LogP contribution in [0.5, 0.6) is 0 Å². The number of rotatable bonds is 5. The van der Waals surface area contributed by atoms with Crippen molar-refractivity contribution in [1.29, 1.82) is 0 Å². The van der Waals surface area contributed by atoms with E-state index in [1.165, 1.54) is 6.20 Å². The van der Waals surface area contributed by atoms with Gasteiger partial charge in [0, 0.05) is 49.3 Å². The lowest BCUT2D eigenvalue weighted by atomic mass is 10.1. The Balaban J connectivity index is 1.41. The first-order chi connectivity index (χ1) is 15.2. The number of nitrogens with one attached hydrogen (secondary N) is 1. The van der Waals surface area contributed by atoms with Crippen LogP contribution >= 0.6 is 0 Å². The molecule has 1 aromatic carbocycles. The SMILES string of the molecule is C[C@H]1CN(c2ccc(CC(=O)O)cc2)CCN1c1ccc(-c2nc(C(F)(F)F)c[nH]2)cn1. The molecule has 7 nitrogen and oxygen atoms in total. The fraction of sp³-hybridized carbons (Fsp3) is 0.318. The van der Waals surface area contributed by atoms with Crippen LogP contribution in [0.3, 0.4) is 0 Å². The van der Waals surface area contributed by atoms with E-state index >= 15 is 0 Å². The van der Waals surface area contributed by atoms with Gasteiger partial charge in [0.15, 0.2) is 5.69 Å². The number of pyridine rings is 1. The molecule has 1 aliphatic rings. The Bertz CT molecular complexity index is 1080. The van der Waals surface area contributed by atoms with Crippen LogP contribution < -0.4 is 9.80 Å². The van der Waals surface area contributed by atoms with Crippen LogP contribution in [-0.2, 0) is 17.4 Å². The van der Waals surface area contributed by atoms with E-state index in [0.29, 0.717) is 5.56 Å². The van der Waals surface area contributed by atoms with Crippen LogP contribution in [0.15, 0.2) is 48.8 Å². The molecule has 0 aliphatic carbocycles. The predicted molar refractivity (Wildman–Crippen MR) is 114 cm³/mol. The molecule has 3 aromatic rings. The minimum absolute atomic E-state index is 0.00164. The molecule has 0 unspecified atom stereocenters. The molecule has 32 heavy (non-hydrogen) atoms. The van der Waals surface area contributed by atoms with E-state index in [9.17, 15) is 18.0 Å². The monoisotopic (exact) mass is 445 g/mol. The molecule has 168 valence electrons. The number of anilines is 2. The van der Waals surface area contributed by atoms with Crippen LogP contribution in [0.25, 0.3) is 11.4 Å². The first kappa shape index (κ1) is 21.7. The van der Waals surface area contributed by atoms with Crippen LogP contribution in [0.1, 0.15) is 18.2 Å². The molecule has 0 spiro atoms. The van der Waals surface area contributed by atoms with E-state index in [-0.39, 0.29) is 18.3 Å². The minimum Gasteiger partial charge on any atom is -0.481 e. The maximum absolute atomic E-state index is 12.8.